The van der Waals surface area contributed by atoms with Crippen LogP contribution in [0.4, 0.5) is 0 Å². The maximum Gasteiger partial charge on any atom is 0.525 e. The van der Waals surface area contributed by atoms with Crippen LogP contribution in [0.15, 0.2) is 24.3 Å². The average Bonchev–Trinajstić information content (AvgIpc) is 3.66. The van der Waals surface area contributed by atoms with Crippen LogP contribution in [0.3, 0.4) is 0 Å². The molecule has 256 valence electrons. The van der Waals surface area contributed by atoms with E-state index in [1.165, 1.54) is 32.4 Å². The van der Waals surface area contributed by atoms with Gasteiger partial charge in [-0.15, -0.1) is 0 Å². The van der Waals surface area contributed by atoms with Gasteiger partial charge in [0.2, 0.25) is 12.5 Å². The number of ether oxygens (including phenoxy) is 9. The van der Waals surface area contributed by atoms with Gasteiger partial charge >= 0.3 is 13.8 Å². The normalized spacial score (nSPS) is 35.7. The lowest BCUT2D eigenvalue weighted by Crippen LogP contribution is -2.63. The summed E-state index contributed by atoms with van der Waals surface area (Å²) < 4.78 is 67.6. The Kier molecular flexibility index (Phi) is 8.07. The summed E-state index contributed by atoms with van der Waals surface area (Å²) in [5.41, 5.74) is -1.73. The Balaban J connectivity index is 1.35. The summed E-state index contributed by atoms with van der Waals surface area (Å²) in [5, 5.41) is 34.8. The third-order valence-corrected chi connectivity index (χ3v) is 9.50. The molecule has 4 heterocycles. The van der Waals surface area contributed by atoms with E-state index in [0.29, 0.717) is 11.3 Å². The predicted octanol–water partition coefficient (Wildman–Crippen LogP) is 0.208. The molecule has 17 nitrogen and oxygen atoms in total. The minimum atomic E-state index is -5.08. The van der Waals surface area contributed by atoms with Crippen LogP contribution in [0.5, 0.6) is 28.7 Å². The van der Waals surface area contributed by atoms with Crippen LogP contribution in [0.25, 0.3) is 0 Å². The van der Waals surface area contributed by atoms with Crippen molar-refractivity contribution in [2.24, 2.45) is 11.8 Å². The number of esters is 1. The molecule has 0 spiro atoms. The minimum absolute atomic E-state index is 0.0227. The highest BCUT2D eigenvalue weighted by atomic mass is 31.2. The maximum atomic E-state index is 13.5. The first-order valence-corrected chi connectivity index (χ1v) is 16.2. The lowest BCUT2D eigenvalue weighted by atomic mass is 9.63. The van der Waals surface area contributed by atoms with Crippen LogP contribution in [-0.2, 0) is 38.6 Å². The number of aliphatic hydroxyl groups excluding tert-OH is 2. The number of hydrogen-bond acceptors (Lipinski definition) is 15. The van der Waals surface area contributed by atoms with Crippen molar-refractivity contribution in [1.29, 1.82) is 0 Å². The summed E-state index contributed by atoms with van der Waals surface area (Å²) in [6, 6.07) is 5.59. The van der Waals surface area contributed by atoms with E-state index in [9.17, 15) is 34.5 Å². The smallest absolute Gasteiger partial charge is 0.493 e. The highest BCUT2D eigenvalue weighted by Gasteiger charge is 2.62. The molecule has 5 aliphatic rings. The van der Waals surface area contributed by atoms with Crippen LogP contribution in [-0.4, -0.2) is 102 Å². The van der Waals surface area contributed by atoms with Gasteiger partial charge in [-0.2, -0.15) is 0 Å². The van der Waals surface area contributed by atoms with E-state index >= 15 is 0 Å². The Morgan fingerprint density at radius 3 is 2.28 bits per heavy atom. The van der Waals surface area contributed by atoms with E-state index in [0.717, 1.165) is 0 Å². The standard InChI is InChI=1S/C29H33O17P/c1-11-39-9-20-26(43-11)22(30)23(31)28(44-20)45-24-13-6-16-17(42-10-41-16)7-15(13)29(33,21-14(24)8-40-27(21)32)12-4-18(37-2)25(19(5-12)38-3)46-47(34,35)36/h4-7,11,14,20-24,26,28,30-31,33H,8-10H2,1-3H3,(H2,34,35,36). The highest BCUT2D eigenvalue weighted by molar-refractivity contribution is 7.46. The molecule has 18 heteroatoms. The van der Waals surface area contributed by atoms with Crippen molar-refractivity contribution in [3.05, 3.63) is 41.0 Å². The first-order chi connectivity index (χ1) is 22.3. The third-order valence-electron chi connectivity index (χ3n) is 9.08. The second-order valence-electron chi connectivity index (χ2n) is 11.7. The van der Waals surface area contributed by atoms with Gasteiger partial charge < -0.3 is 62.5 Å². The van der Waals surface area contributed by atoms with Crippen molar-refractivity contribution in [2.45, 2.75) is 55.6 Å². The molecule has 4 aliphatic heterocycles. The van der Waals surface area contributed by atoms with E-state index < -0.39 is 80.1 Å². The first kappa shape index (κ1) is 32.3. The molecular formula is C29H33O17P. The number of benzene rings is 2. The zero-order valence-corrected chi connectivity index (χ0v) is 26.1. The molecule has 2 aromatic rings. The fourth-order valence-electron chi connectivity index (χ4n) is 6.98. The number of phosphoric acid groups is 1. The van der Waals surface area contributed by atoms with Gasteiger partial charge in [0.15, 0.2) is 35.6 Å². The zero-order chi connectivity index (χ0) is 33.4. The van der Waals surface area contributed by atoms with Crippen molar-refractivity contribution >= 4 is 13.8 Å². The van der Waals surface area contributed by atoms with Crippen molar-refractivity contribution in [1.82, 2.24) is 0 Å². The zero-order valence-electron chi connectivity index (χ0n) is 25.2. The fraction of sp³-hybridized carbons (Fsp3) is 0.552. The van der Waals surface area contributed by atoms with Gasteiger partial charge in [-0.05, 0) is 47.9 Å². The van der Waals surface area contributed by atoms with E-state index in [1.807, 2.05) is 0 Å². The fourth-order valence-corrected chi connectivity index (χ4v) is 7.39. The van der Waals surface area contributed by atoms with E-state index in [1.54, 1.807) is 13.0 Å². The van der Waals surface area contributed by atoms with Crippen LogP contribution in [0.1, 0.15) is 29.7 Å². The second-order valence-corrected chi connectivity index (χ2v) is 12.9. The molecule has 10 atom stereocenters. The Morgan fingerprint density at radius 1 is 0.936 bits per heavy atom. The molecule has 0 amide bonds. The largest absolute Gasteiger partial charge is 0.525 e. The topological polar surface area (TPSA) is 228 Å². The number of hydrogen-bond donors (Lipinski definition) is 5. The molecule has 1 aliphatic carbocycles. The van der Waals surface area contributed by atoms with Crippen molar-refractivity contribution in [3.8, 4) is 28.7 Å². The average molecular weight is 685 g/mol. The molecule has 5 N–H and O–H groups in total. The quantitative estimate of drug-likeness (QED) is 0.194. The Bertz CT molecular complexity index is 1580. The lowest BCUT2D eigenvalue weighted by Gasteiger charge is -2.49. The van der Waals surface area contributed by atoms with Crippen LogP contribution < -0.4 is 23.5 Å². The molecule has 47 heavy (non-hydrogen) atoms. The number of phosphoric ester groups is 1. The Labute approximate surface area is 266 Å². The highest BCUT2D eigenvalue weighted by Crippen LogP contribution is 2.59. The Morgan fingerprint density at radius 2 is 1.62 bits per heavy atom. The van der Waals surface area contributed by atoms with Gasteiger partial charge in [0.25, 0.3) is 0 Å². The summed E-state index contributed by atoms with van der Waals surface area (Å²) in [5.74, 6) is -3.31. The van der Waals surface area contributed by atoms with E-state index in [-0.39, 0.29) is 48.4 Å². The molecule has 10 unspecified atom stereocenters. The van der Waals surface area contributed by atoms with Crippen LogP contribution in [0, 0.1) is 11.8 Å². The number of carbonyl (C=O) groups is 1. The van der Waals surface area contributed by atoms with Crippen LogP contribution in [0.2, 0.25) is 0 Å². The lowest BCUT2D eigenvalue weighted by molar-refractivity contribution is -0.365. The van der Waals surface area contributed by atoms with Crippen LogP contribution >= 0.6 is 7.82 Å². The molecular weight excluding hydrogens is 651 g/mol. The second kappa shape index (κ2) is 11.7. The summed E-state index contributed by atoms with van der Waals surface area (Å²) >= 11 is 0. The molecule has 0 radical (unpaired) electrons. The first-order valence-electron chi connectivity index (χ1n) is 14.6. The van der Waals surface area contributed by atoms with Crippen molar-refractivity contribution in [3.63, 3.8) is 0 Å². The van der Waals surface area contributed by atoms with Gasteiger partial charge in [0.05, 0.1) is 33.5 Å². The molecule has 0 saturated carbocycles. The van der Waals surface area contributed by atoms with E-state index in [4.69, 9.17) is 47.2 Å². The summed E-state index contributed by atoms with van der Waals surface area (Å²) in [6.45, 7) is 1.39. The van der Waals surface area contributed by atoms with Gasteiger partial charge in [0, 0.05) is 5.92 Å². The SMILES string of the molecule is COc1cc(C2(O)c3cc4c(cc3C(OC3OC5COC(C)OC5C(O)C3O)C3COC(=O)C32)OCO4)cc(OC)c1OP(=O)(O)O. The van der Waals surface area contributed by atoms with E-state index in [2.05, 4.69) is 0 Å². The summed E-state index contributed by atoms with van der Waals surface area (Å²) in [6.07, 6.45) is -7.72. The monoisotopic (exact) mass is 684 g/mol. The molecule has 7 rings (SSSR count). The molecule has 3 saturated heterocycles. The van der Waals surface area contributed by atoms with Crippen molar-refractivity contribution in [2.75, 3.05) is 34.2 Å². The third kappa shape index (κ3) is 5.31. The molecule has 0 bridgehead atoms. The molecule has 2 aromatic carbocycles. The summed E-state index contributed by atoms with van der Waals surface area (Å²) in [7, 11) is -2.64. The van der Waals surface area contributed by atoms with Crippen molar-refractivity contribution < 1.29 is 81.6 Å². The number of rotatable bonds is 7. The summed E-state index contributed by atoms with van der Waals surface area (Å²) in [4.78, 5) is 32.5. The maximum absolute atomic E-state index is 13.5. The predicted molar refractivity (Wildman–Crippen MR) is 151 cm³/mol. The number of aliphatic hydroxyl groups is 3. The minimum Gasteiger partial charge on any atom is -0.493 e. The molecule has 0 aromatic heterocycles. The van der Waals surface area contributed by atoms with Gasteiger partial charge in [-0.25, -0.2) is 4.57 Å². The number of cyclic esters (lactones) is 1. The van der Waals surface area contributed by atoms with Gasteiger partial charge in [-0.1, -0.05) is 0 Å². The number of methoxy groups -OCH3 is 2. The molecule has 3 fully saturated rings. The number of carbonyl (C=O) groups excluding carboxylic acids is 1. The van der Waals surface area contributed by atoms with Gasteiger partial charge in [-0.3, -0.25) is 14.6 Å². The Hall–Kier alpha value is -3.22. The number of fused-ring (bicyclic) bond motifs is 4. The van der Waals surface area contributed by atoms with Gasteiger partial charge in [0.1, 0.15) is 35.9 Å².